The van der Waals surface area contributed by atoms with Gasteiger partial charge in [-0.15, -0.1) is 11.6 Å². The largest absolute Gasteiger partial charge is 0.126 e. The van der Waals surface area contributed by atoms with Gasteiger partial charge < -0.3 is 0 Å². The molecule has 1 unspecified atom stereocenters. The monoisotopic (exact) mass is 258 g/mol. The quantitative estimate of drug-likeness (QED) is 0.618. The van der Waals surface area contributed by atoms with Gasteiger partial charge >= 0.3 is 0 Å². The Hall–Kier alpha value is -0.200. The van der Waals surface area contributed by atoms with Crippen molar-refractivity contribution in [1.82, 2.24) is 0 Å². The number of benzene rings is 1. The molecule has 0 bridgehead atoms. The third-order valence-electron chi connectivity index (χ3n) is 2.81. The summed E-state index contributed by atoms with van der Waals surface area (Å²) in [4.78, 5) is 0. The molecule has 0 saturated carbocycles. The number of halogens is 2. The molecule has 0 aromatic heterocycles. The molecule has 0 heterocycles. The van der Waals surface area contributed by atoms with Crippen LogP contribution >= 0.6 is 23.2 Å². The molecule has 1 rings (SSSR count). The SMILES string of the molecule is CC(C)CCC(CCl)Cc1ccc(Cl)cc1. The van der Waals surface area contributed by atoms with E-state index >= 15 is 0 Å². The number of alkyl halides is 1. The third kappa shape index (κ3) is 5.23. The molecule has 1 aromatic carbocycles. The zero-order valence-electron chi connectivity index (χ0n) is 10.0. The smallest absolute Gasteiger partial charge is 0.0406 e. The van der Waals surface area contributed by atoms with Gasteiger partial charge in [0.1, 0.15) is 0 Å². The maximum atomic E-state index is 6.01. The predicted molar refractivity (Wildman–Crippen MR) is 73.4 cm³/mol. The first-order valence-electron chi connectivity index (χ1n) is 5.92. The zero-order chi connectivity index (χ0) is 12.0. The van der Waals surface area contributed by atoms with Crippen LogP contribution in [0.25, 0.3) is 0 Å². The van der Waals surface area contributed by atoms with Crippen LogP contribution in [0.5, 0.6) is 0 Å². The normalized spacial score (nSPS) is 13.1. The summed E-state index contributed by atoms with van der Waals surface area (Å²) in [5.74, 6) is 2.09. The molecule has 0 fully saturated rings. The molecule has 2 heteroatoms. The Balaban J connectivity index is 2.46. The van der Waals surface area contributed by atoms with Gasteiger partial charge in [-0.1, -0.05) is 44.0 Å². The topological polar surface area (TPSA) is 0 Å². The van der Waals surface area contributed by atoms with Crippen LogP contribution in [-0.4, -0.2) is 5.88 Å². The highest BCUT2D eigenvalue weighted by atomic mass is 35.5. The second kappa shape index (κ2) is 7.19. The van der Waals surface area contributed by atoms with Gasteiger partial charge in [-0.25, -0.2) is 0 Å². The van der Waals surface area contributed by atoms with Crippen LogP contribution in [0.4, 0.5) is 0 Å². The lowest BCUT2D eigenvalue weighted by atomic mass is 9.93. The summed E-state index contributed by atoms with van der Waals surface area (Å²) in [5, 5.41) is 0.799. The van der Waals surface area contributed by atoms with Gasteiger partial charge in [0.15, 0.2) is 0 Å². The van der Waals surface area contributed by atoms with E-state index in [1.54, 1.807) is 0 Å². The van der Waals surface area contributed by atoms with E-state index < -0.39 is 0 Å². The van der Waals surface area contributed by atoms with Crippen molar-refractivity contribution in [3.8, 4) is 0 Å². The maximum Gasteiger partial charge on any atom is 0.0406 e. The number of hydrogen-bond donors (Lipinski definition) is 0. The first-order valence-corrected chi connectivity index (χ1v) is 6.83. The van der Waals surface area contributed by atoms with Crippen LogP contribution < -0.4 is 0 Å². The Kier molecular flexibility index (Phi) is 6.23. The highest BCUT2D eigenvalue weighted by molar-refractivity contribution is 6.30. The van der Waals surface area contributed by atoms with Gasteiger partial charge in [-0.2, -0.15) is 0 Å². The minimum Gasteiger partial charge on any atom is -0.126 e. The Morgan fingerprint density at radius 3 is 2.19 bits per heavy atom. The Bertz CT molecular complexity index is 290. The van der Waals surface area contributed by atoms with E-state index in [0.717, 1.165) is 23.2 Å². The van der Waals surface area contributed by atoms with E-state index in [-0.39, 0.29) is 0 Å². The molecule has 0 saturated heterocycles. The van der Waals surface area contributed by atoms with Crippen molar-refractivity contribution in [3.63, 3.8) is 0 Å². The minimum absolute atomic E-state index is 0.588. The van der Waals surface area contributed by atoms with Crippen LogP contribution in [0.15, 0.2) is 24.3 Å². The van der Waals surface area contributed by atoms with Gasteiger partial charge in [0.25, 0.3) is 0 Å². The molecule has 0 spiro atoms. The second-order valence-electron chi connectivity index (χ2n) is 4.82. The fourth-order valence-electron chi connectivity index (χ4n) is 1.76. The molecule has 0 aliphatic rings. The van der Waals surface area contributed by atoms with Crippen molar-refractivity contribution in [1.29, 1.82) is 0 Å². The molecule has 90 valence electrons. The summed E-state index contributed by atoms with van der Waals surface area (Å²) >= 11 is 11.9. The van der Waals surface area contributed by atoms with E-state index in [1.165, 1.54) is 18.4 Å². The average molecular weight is 259 g/mol. The summed E-state index contributed by atoms with van der Waals surface area (Å²) in [5.41, 5.74) is 1.33. The van der Waals surface area contributed by atoms with Crippen molar-refractivity contribution >= 4 is 23.2 Å². The molecule has 0 aliphatic carbocycles. The summed E-state index contributed by atoms with van der Waals surface area (Å²) in [7, 11) is 0. The lowest BCUT2D eigenvalue weighted by Gasteiger charge is -2.15. The lowest BCUT2D eigenvalue weighted by Crippen LogP contribution is -2.07. The van der Waals surface area contributed by atoms with Crippen LogP contribution in [0.2, 0.25) is 5.02 Å². The Morgan fingerprint density at radius 1 is 1.06 bits per heavy atom. The van der Waals surface area contributed by atoms with Crippen molar-refractivity contribution in [2.45, 2.75) is 33.1 Å². The first kappa shape index (κ1) is 13.9. The van der Waals surface area contributed by atoms with Crippen LogP contribution in [0.3, 0.4) is 0 Å². The molecule has 1 aromatic rings. The molecule has 0 amide bonds. The highest BCUT2D eigenvalue weighted by Gasteiger charge is 2.09. The van der Waals surface area contributed by atoms with E-state index in [4.69, 9.17) is 23.2 Å². The lowest BCUT2D eigenvalue weighted by molar-refractivity contribution is 0.452. The molecule has 0 aliphatic heterocycles. The van der Waals surface area contributed by atoms with Crippen LogP contribution in [-0.2, 0) is 6.42 Å². The van der Waals surface area contributed by atoms with Crippen molar-refractivity contribution in [3.05, 3.63) is 34.9 Å². The molecular formula is C14H20Cl2. The summed E-state index contributed by atoms with van der Waals surface area (Å²) in [6.45, 7) is 4.52. The summed E-state index contributed by atoms with van der Waals surface area (Å²) < 4.78 is 0. The van der Waals surface area contributed by atoms with E-state index in [0.29, 0.717) is 5.92 Å². The minimum atomic E-state index is 0.588. The fraction of sp³-hybridized carbons (Fsp3) is 0.571. The van der Waals surface area contributed by atoms with Gasteiger partial charge in [0, 0.05) is 10.9 Å². The number of rotatable bonds is 6. The molecule has 0 radical (unpaired) electrons. The third-order valence-corrected chi connectivity index (χ3v) is 3.50. The Morgan fingerprint density at radius 2 is 1.69 bits per heavy atom. The molecule has 0 nitrogen and oxygen atoms in total. The van der Waals surface area contributed by atoms with Crippen molar-refractivity contribution in [2.75, 3.05) is 5.88 Å². The maximum absolute atomic E-state index is 6.01. The number of hydrogen-bond acceptors (Lipinski definition) is 0. The van der Waals surface area contributed by atoms with Crippen LogP contribution in [0.1, 0.15) is 32.3 Å². The van der Waals surface area contributed by atoms with Gasteiger partial charge in [0.2, 0.25) is 0 Å². The zero-order valence-corrected chi connectivity index (χ0v) is 11.6. The highest BCUT2D eigenvalue weighted by Crippen LogP contribution is 2.19. The van der Waals surface area contributed by atoms with Crippen LogP contribution in [0, 0.1) is 11.8 Å². The Labute approximate surface area is 109 Å². The molecule has 0 N–H and O–H groups in total. The average Bonchev–Trinajstić information content (AvgIpc) is 2.26. The standard InChI is InChI=1S/C14H20Cl2/c1-11(2)3-4-13(10-15)9-12-5-7-14(16)8-6-12/h5-8,11,13H,3-4,9-10H2,1-2H3. The van der Waals surface area contributed by atoms with E-state index in [9.17, 15) is 0 Å². The van der Waals surface area contributed by atoms with Gasteiger partial charge in [-0.3, -0.25) is 0 Å². The first-order chi connectivity index (χ1) is 7.61. The molecular weight excluding hydrogens is 239 g/mol. The molecule has 16 heavy (non-hydrogen) atoms. The predicted octanol–water partition coefficient (Wildman–Crippen LogP) is 5.17. The van der Waals surface area contributed by atoms with Gasteiger partial charge in [-0.05, 0) is 42.4 Å². The van der Waals surface area contributed by atoms with Crippen molar-refractivity contribution < 1.29 is 0 Å². The summed E-state index contributed by atoms with van der Waals surface area (Å²) in [6, 6.07) is 8.09. The van der Waals surface area contributed by atoms with Crippen molar-refractivity contribution in [2.24, 2.45) is 11.8 Å². The van der Waals surface area contributed by atoms with E-state index in [1.807, 2.05) is 12.1 Å². The van der Waals surface area contributed by atoms with E-state index in [2.05, 4.69) is 26.0 Å². The fourth-order valence-corrected chi connectivity index (χ4v) is 2.15. The second-order valence-corrected chi connectivity index (χ2v) is 5.57. The molecule has 1 atom stereocenters. The van der Waals surface area contributed by atoms with Gasteiger partial charge in [0.05, 0.1) is 0 Å². The summed E-state index contributed by atoms with van der Waals surface area (Å²) in [6.07, 6.45) is 3.53.